The molecule has 8 heteroatoms. The third-order valence-corrected chi connectivity index (χ3v) is 9.35. The predicted molar refractivity (Wildman–Crippen MR) is 137 cm³/mol. The minimum absolute atomic E-state index is 0.0187. The summed E-state index contributed by atoms with van der Waals surface area (Å²) in [6.07, 6.45) is 2.55. The normalized spacial score (nSPS) is 18.1. The average Bonchev–Trinajstić information content (AvgIpc) is 3.63. The summed E-state index contributed by atoms with van der Waals surface area (Å²) < 4.78 is 26.0. The average molecular weight is 496 g/mol. The number of amides is 2. The molecule has 0 aromatic heterocycles. The number of benzene rings is 2. The maximum atomic E-state index is 13.0. The van der Waals surface area contributed by atoms with Crippen molar-refractivity contribution in [3.05, 3.63) is 53.1 Å². The van der Waals surface area contributed by atoms with E-state index >= 15 is 0 Å². The van der Waals surface area contributed by atoms with Crippen LogP contribution in [0.2, 0.25) is 0 Å². The maximum Gasteiger partial charge on any atom is 0.230 e. The summed E-state index contributed by atoms with van der Waals surface area (Å²) in [6, 6.07) is 11.3. The largest absolute Gasteiger partial charge is 0.368 e. The van der Waals surface area contributed by atoms with Gasteiger partial charge in [-0.25, -0.2) is 8.42 Å². The first-order chi connectivity index (χ1) is 16.7. The van der Waals surface area contributed by atoms with Crippen LogP contribution in [0.25, 0.3) is 0 Å². The van der Waals surface area contributed by atoms with Crippen LogP contribution in [0.5, 0.6) is 0 Å². The molecule has 5 rings (SSSR count). The Balaban J connectivity index is 1.17. The Labute approximate surface area is 207 Å². The zero-order valence-corrected chi connectivity index (χ0v) is 21.3. The highest BCUT2D eigenvalue weighted by Crippen LogP contribution is 2.37. The van der Waals surface area contributed by atoms with E-state index in [2.05, 4.69) is 36.9 Å². The summed E-state index contributed by atoms with van der Waals surface area (Å²) >= 11 is 0. The molecule has 35 heavy (non-hydrogen) atoms. The maximum absolute atomic E-state index is 13.0. The molecule has 0 spiro atoms. The standard InChI is InChI=1S/C27H33N3O4S/c1-19-4-3-5-24(20(19)2)28-13-15-29(16-14-28)26(31)11-17-35(33,34)23-8-9-25-22(18-23)10-12-30(25)27(32)21-6-7-21/h3-5,8-9,18,21H,6-7,10-17H2,1-2H3. The molecule has 2 amide bonds. The number of nitrogens with zero attached hydrogens (tertiary/aromatic N) is 3. The van der Waals surface area contributed by atoms with Crippen molar-refractivity contribution in [2.45, 2.75) is 44.4 Å². The number of hydrogen-bond acceptors (Lipinski definition) is 5. The Morgan fingerprint density at radius 3 is 2.40 bits per heavy atom. The lowest BCUT2D eigenvalue weighted by Gasteiger charge is -2.37. The molecule has 0 N–H and O–H groups in total. The van der Waals surface area contributed by atoms with Gasteiger partial charge in [0.25, 0.3) is 0 Å². The van der Waals surface area contributed by atoms with Crippen molar-refractivity contribution >= 4 is 33.0 Å². The van der Waals surface area contributed by atoms with E-state index in [4.69, 9.17) is 0 Å². The molecule has 0 radical (unpaired) electrons. The van der Waals surface area contributed by atoms with Gasteiger partial charge in [-0.05, 0) is 74.1 Å². The number of carbonyl (C=O) groups is 2. The van der Waals surface area contributed by atoms with Gasteiger partial charge in [0.2, 0.25) is 11.8 Å². The third-order valence-electron chi connectivity index (χ3n) is 7.63. The van der Waals surface area contributed by atoms with E-state index in [1.807, 2.05) is 0 Å². The summed E-state index contributed by atoms with van der Waals surface area (Å²) in [4.78, 5) is 31.4. The van der Waals surface area contributed by atoms with E-state index in [0.29, 0.717) is 26.1 Å². The Kier molecular flexibility index (Phi) is 6.34. The van der Waals surface area contributed by atoms with E-state index in [1.165, 1.54) is 16.8 Å². The van der Waals surface area contributed by atoms with Crippen molar-refractivity contribution in [3.63, 3.8) is 0 Å². The number of hydrogen-bond donors (Lipinski definition) is 0. The molecule has 0 atom stereocenters. The Hall–Kier alpha value is -2.87. The monoisotopic (exact) mass is 495 g/mol. The number of anilines is 2. The third kappa shape index (κ3) is 4.81. The SMILES string of the molecule is Cc1cccc(N2CCN(C(=O)CCS(=O)(=O)c3ccc4c(c3)CCN4C(=O)C3CC3)CC2)c1C. The van der Waals surface area contributed by atoms with Gasteiger partial charge in [-0.3, -0.25) is 9.59 Å². The number of carbonyl (C=O) groups excluding carboxylic acids is 2. The molecule has 2 aromatic carbocycles. The van der Waals surface area contributed by atoms with Crippen LogP contribution in [-0.2, 0) is 25.8 Å². The Morgan fingerprint density at radius 1 is 0.943 bits per heavy atom. The Bertz CT molecular complexity index is 1260. The smallest absolute Gasteiger partial charge is 0.230 e. The number of sulfone groups is 1. The first-order valence-corrected chi connectivity index (χ1v) is 14.2. The first-order valence-electron chi connectivity index (χ1n) is 12.5. The Morgan fingerprint density at radius 2 is 1.69 bits per heavy atom. The fourth-order valence-electron chi connectivity index (χ4n) is 5.12. The highest BCUT2D eigenvalue weighted by molar-refractivity contribution is 7.91. The van der Waals surface area contributed by atoms with Crippen LogP contribution in [0.3, 0.4) is 0 Å². The highest BCUT2D eigenvalue weighted by atomic mass is 32.2. The quantitative estimate of drug-likeness (QED) is 0.615. The van der Waals surface area contributed by atoms with E-state index in [9.17, 15) is 18.0 Å². The van der Waals surface area contributed by atoms with Crippen LogP contribution in [-0.4, -0.2) is 63.6 Å². The van der Waals surface area contributed by atoms with Crippen LogP contribution in [0.15, 0.2) is 41.3 Å². The van der Waals surface area contributed by atoms with Gasteiger partial charge in [-0.1, -0.05) is 12.1 Å². The molecule has 2 fully saturated rings. The molecule has 2 aromatic rings. The summed E-state index contributed by atoms with van der Waals surface area (Å²) in [5.74, 6) is -0.0238. The lowest BCUT2D eigenvalue weighted by molar-refractivity contribution is -0.131. The highest BCUT2D eigenvalue weighted by Gasteiger charge is 2.37. The zero-order valence-electron chi connectivity index (χ0n) is 20.5. The van der Waals surface area contributed by atoms with Crippen LogP contribution in [0.4, 0.5) is 11.4 Å². The van der Waals surface area contributed by atoms with E-state index in [0.717, 1.165) is 37.2 Å². The second kappa shape index (κ2) is 9.30. The second-order valence-corrected chi connectivity index (χ2v) is 12.1. The summed E-state index contributed by atoms with van der Waals surface area (Å²) in [7, 11) is -3.58. The van der Waals surface area contributed by atoms with Crippen molar-refractivity contribution in [3.8, 4) is 0 Å². The van der Waals surface area contributed by atoms with Gasteiger partial charge >= 0.3 is 0 Å². The van der Waals surface area contributed by atoms with Crippen molar-refractivity contribution in [2.75, 3.05) is 48.3 Å². The van der Waals surface area contributed by atoms with Crippen LogP contribution in [0.1, 0.15) is 36.0 Å². The topological polar surface area (TPSA) is 78.0 Å². The van der Waals surface area contributed by atoms with Crippen molar-refractivity contribution in [1.29, 1.82) is 0 Å². The molecule has 0 bridgehead atoms. The molecule has 1 saturated carbocycles. The van der Waals surface area contributed by atoms with Gasteiger partial charge < -0.3 is 14.7 Å². The predicted octanol–water partition coefficient (Wildman–Crippen LogP) is 3.12. The van der Waals surface area contributed by atoms with Crippen molar-refractivity contribution < 1.29 is 18.0 Å². The molecule has 1 saturated heterocycles. The van der Waals surface area contributed by atoms with Gasteiger partial charge in [0.1, 0.15) is 0 Å². The molecular weight excluding hydrogens is 462 g/mol. The fourth-order valence-corrected chi connectivity index (χ4v) is 6.40. The summed E-state index contributed by atoms with van der Waals surface area (Å²) in [5, 5.41) is 0. The molecule has 0 unspecified atom stereocenters. The van der Waals surface area contributed by atoms with Gasteiger partial charge in [0.15, 0.2) is 9.84 Å². The minimum Gasteiger partial charge on any atom is -0.368 e. The van der Waals surface area contributed by atoms with Crippen molar-refractivity contribution in [1.82, 2.24) is 4.90 Å². The van der Waals surface area contributed by atoms with Crippen LogP contribution >= 0.6 is 0 Å². The minimum atomic E-state index is -3.58. The second-order valence-electron chi connectivity index (χ2n) is 9.96. The number of aryl methyl sites for hydroxylation is 1. The van der Waals surface area contributed by atoms with E-state index in [1.54, 1.807) is 28.0 Å². The van der Waals surface area contributed by atoms with E-state index < -0.39 is 9.84 Å². The van der Waals surface area contributed by atoms with Gasteiger partial charge in [0.05, 0.1) is 10.6 Å². The van der Waals surface area contributed by atoms with Gasteiger partial charge in [-0.15, -0.1) is 0 Å². The first kappa shape index (κ1) is 23.9. The number of piperazine rings is 1. The van der Waals surface area contributed by atoms with Gasteiger partial charge in [0, 0.05) is 56.4 Å². The number of fused-ring (bicyclic) bond motifs is 1. The van der Waals surface area contributed by atoms with Crippen LogP contribution < -0.4 is 9.80 Å². The summed E-state index contributed by atoms with van der Waals surface area (Å²) in [5.41, 5.74) is 5.44. The molecule has 1 aliphatic carbocycles. The molecule has 7 nitrogen and oxygen atoms in total. The van der Waals surface area contributed by atoms with Crippen molar-refractivity contribution in [2.24, 2.45) is 5.92 Å². The molecule has 2 heterocycles. The molecule has 186 valence electrons. The molecule has 3 aliphatic rings. The lowest BCUT2D eigenvalue weighted by atomic mass is 10.1. The molecule has 2 aliphatic heterocycles. The van der Waals surface area contributed by atoms with E-state index in [-0.39, 0.29) is 34.8 Å². The summed E-state index contributed by atoms with van der Waals surface area (Å²) in [6.45, 7) is 7.50. The number of rotatable bonds is 6. The molecular formula is C27H33N3O4S. The van der Waals surface area contributed by atoms with Crippen LogP contribution in [0, 0.1) is 19.8 Å². The van der Waals surface area contributed by atoms with Gasteiger partial charge in [-0.2, -0.15) is 0 Å². The fraction of sp³-hybridized carbons (Fsp3) is 0.481. The lowest BCUT2D eigenvalue weighted by Crippen LogP contribution is -2.49. The zero-order chi connectivity index (χ0) is 24.7.